The molecule has 0 aliphatic heterocycles. The van der Waals surface area contributed by atoms with Gasteiger partial charge in [-0.1, -0.05) is 43.1 Å². The van der Waals surface area contributed by atoms with E-state index in [0.29, 0.717) is 23.8 Å². The zero-order valence-corrected chi connectivity index (χ0v) is 16.7. The molecule has 146 valence electrons. The molecule has 1 aromatic heterocycles. The predicted octanol–water partition coefficient (Wildman–Crippen LogP) is 4.57. The Kier molecular flexibility index (Phi) is 7.94. The molecule has 0 bridgehead atoms. The normalized spacial score (nSPS) is 10.5. The molecular formula is C18H22Cl2N4O3. The first-order valence-corrected chi connectivity index (χ1v) is 9.44. The largest absolute Gasteiger partial charge is 0.446 e. The summed E-state index contributed by atoms with van der Waals surface area (Å²) in [5.41, 5.74) is 0.607. The van der Waals surface area contributed by atoms with E-state index in [9.17, 15) is 9.59 Å². The SMILES string of the molecule is CCCNC(=O)c1coc(CN(CCC)C(=O)Nc2cccc(Cl)c2Cl)n1. The Balaban J connectivity index is 2.06. The lowest BCUT2D eigenvalue weighted by Crippen LogP contribution is -2.35. The minimum atomic E-state index is -0.365. The van der Waals surface area contributed by atoms with Crippen LogP contribution >= 0.6 is 23.2 Å². The van der Waals surface area contributed by atoms with Crippen LogP contribution in [0, 0.1) is 0 Å². The number of amides is 3. The average molecular weight is 413 g/mol. The van der Waals surface area contributed by atoms with Gasteiger partial charge >= 0.3 is 6.03 Å². The van der Waals surface area contributed by atoms with E-state index < -0.39 is 0 Å². The van der Waals surface area contributed by atoms with Crippen LogP contribution in [0.1, 0.15) is 43.1 Å². The highest BCUT2D eigenvalue weighted by Gasteiger charge is 2.19. The van der Waals surface area contributed by atoms with Crippen molar-refractivity contribution < 1.29 is 14.0 Å². The smallest absolute Gasteiger partial charge is 0.322 e. The van der Waals surface area contributed by atoms with E-state index in [1.54, 1.807) is 18.2 Å². The van der Waals surface area contributed by atoms with Gasteiger partial charge in [-0.3, -0.25) is 4.79 Å². The van der Waals surface area contributed by atoms with Crippen molar-refractivity contribution in [3.8, 4) is 0 Å². The molecule has 2 aromatic rings. The number of halogens is 2. The van der Waals surface area contributed by atoms with Gasteiger partial charge in [0.05, 0.1) is 22.3 Å². The van der Waals surface area contributed by atoms with Gasteiger partial charge in [-0.05, 0) is 25.0 Å². The number of nitrogens with zero attached hydrogens (tertiary/aromatic N) is 2. The van der Waals surface area contributed by atoms with E-state index in [1.807, 2.05) is 13.8 Å². The molecule has 1 aromatic carbocycles. The highest BCUT2D eigenvalue weighted by molar-refractivity contribution is 6.43. The molecule has 0 unspecified atom stereocenters. The lowest BCUT2D eigenvalue weighted by atomic mass is 10.3. The predicted molar refractivity (Wildman–Crippen MR) is 105 cm³/mol. The van der Waals surface area contributed by atoms with Crippen molar-refractivity contribution in [3.63, 3.8) is 0 Å². The summed E-state index contributed by atoms with van der Waals surface area (Å²) in [6, 6.07) is 4.64. The van der Waals surface area contributed by atoms with Crippen LogP contribution in [0.25, 0.3) is 0 Å². The van der Waals surface area contributed by atoms with Crippen LogP contribution in [0.5, 0.6) is 0 Å². The summed E-state index contributed by atoms with van der Waals surface area (Å²) in [5, 5.41) is 6.09. The van der Waals surface area contributed by atoms with Crippen LogP contribution < -0.4 is 10.6 Å². The van der Waals surface area contributed by atoms with Crippen LogP contribution in [-0.4, -0.2) is 34.9 Å². The van der Waals surface area contributed by atoms with Crippen LogP contribution in [-0.2, 0) is 6.54 Å². The first-order valence-electron chi connectivity index (χ1n) is 8.68. The number of hydrogen-bond donors (Lipinski definition) is 2. The van der Waals surface area contributed by atoms with E-state index in [-0.39, 0.29) is 35.1 Å². The third kappa shape index (κ3) is 5.87. The Morgan fingerprint density at radius 1 is 1.22 bits per heavy atom. The number of oxazole rings is 1. The molecule has 0 aliphatic rings. The van der Waals surface area contributed by atoms with Crippen molar-refractivity contribution in [2.24, 2.45) is 0 Å². The number of rotatable bonds is 8. The molecule has 9 heteroatoms. The van der Waals surface area contributed by atoms with Crippen molar-refractivity contribution in [3.05, 3.63) is 46.1 Å². The fourth-order valence-electron chi connectivity index (χ4n) is 2.30. The van der Waals surface area contributed by atoms with E-state index >= 15 is 0 Å². The first kappa shape index (κ1) is 21.1. The van der Waals surface area contributed by atoms with E-state index in [4.69, 9.17) is 27.6 Å². The molecule has 0 spiro atoms. The van der Waals surface area contributed by atoms with E-state index in [0.717, 1.165) is 12.8 Å². The van der Waals surface area contributed by atoms with Crippen LogP contribution in [0.3, 0.4) is 0 Å². The molecule has 27 heavy (non-hydrogen) atoms. The Hall–Kier alpha value is -2.25. The highest BCUT2D eigenvalue weighted by atomic mass is 35.5. The van der Waals surface area contributed by atoms with Gasteiger partial charge in [0.25, 0.3) is 5.91 Å². The Labute approximate surface area is 168 Å². The summed E-state index contributed by atoms with van der Waals surface area (Å²) >= 11 is 12.1. The molecule has 3 amide bonds. The second kappa shape index (κ2) is 10.2. The van der Waals surface area contributed by atoms with Gasteiger partial charge in [-0.2, -0.15) is 0 Å². The minimum Gasteiger partial charge on any atom is -0.446 e. The Bertz CT molecular complexity index is 795. The molecule has 0 radical (unpaired) electrons. The Morgan fingerprint density at radius 3 is 2.70 bits per heavy atom. The van der Waals surface area contributed by atoms with Crippen LogP contribution in [0.2, 0.25) is 10.0 Å². The molecule has 2 rings (SSSR count). The second-order valence-corrected chi connectivity index (χ2v) is 6.62. The highest BCUT2D eigenvalue weighted by Crippen LogP contribution is 2.29. The maximum Gasteiger partial charge on any atom is 0.322 e. The number of nitrogens with one attached hydrogen (secondary N) is 2. The molecule has 0 fully saturated rings. The summed E-state index contributed by atoms with van der Waals surface area (Å²) in [5.74, 6) is -0.0264. The van der Waals surface area contributed by atoms with Gasteiger partial charge in [0.2, 0.25) is 5.89 Å². The van der Waals surface area contributed by atoms with Gasteiger partial charge < -0.3 is 20.0 Å². The number of anilines is 1. The number of urea groups is 1. The van der Waals surface area contributed by atoms with Crippen LogP contribution in [0.4, 0.5) is 10.5 Å². The summed E-state index contributed by atoms with van der Waals surface area (Å²) in [6.45, 7) is 5.07. The van der Waals surface area contributed by atoms with Crippen molar-refractivity contribution in [2.75, 3.05) is 18.4 Å². The fraction of sp³-hybridized carbons (Fsp3) is 0.389. The second-order valence-electron chi connectivity index (χ2n) is 5.84. The average Bonchev–Trinajstić information content (AvgIpc) is 3.12. The molecule has 0 saturated carbocycles. The molecular weight excluding hydrogens is 391 g/mol. The molecule has 1 heterocycles. The molecule has 0 atom stereocenters. The summed E-state index contributed by atoms with van der Waals surface area (Å²) in [7, 11) is 0. The van der Waals surface area contributed by atoms with E-state index in [1.165, 1.54) is 11.2 Å². The number of carbonyl (C=O) groups is 2. The molecule has 7 nitrogen and oxygen atoms in total. The molecule has 0 aliphatic carbocycles. The minimum absolute atomic E-state index is 0.124. The van der Waals surface area contributed by atoms with Crippen LogP contribution in [0.15, 0.2) is 28.9 Å². The monoisotopic (exact) mass is 412 g/mol. The molecule has 2 N–H and O–H groups in total. The maximum atomic E-state index is 12.6. The van der Waals surface area contributed by atoms with E-state index in [2.05, 4.69) is 15.6 Å². The number of hydrogen-bond acceptors (Lipinski definition) is 4. The first-order chi connectivity index (χ1) is 13.0. The van der Waals surface area contributed by atoms with Crippen molar-refractivity contribution in [2.45, 2.75) is 33.2 Å². The fourth-order valence-corrected chi connectivity index (χ4v) is 2.64. The zero-order valence-electron chi connectivity index (χ0n) is 15.2. The van der Waals surface area contributed by atoms with Gasteiger partial charge in [-0.15, -0.1) is 0 Å². The van der Waals surface area contributed by atoms with Gasteiger partial charge in [-0.25, -0.2) is 9.78 Å². The lowest BCUT2D eigenvalue weighted by molar-refractivity contribution is 0.0948. The third-order valence-electron chi connectivity index (χ3n) is 3.62. The zero-order chi connectivity index (χ0) is 19.8. The van der Waals surface area contributed by atoms with Gasteiger partial charge in [0, 0.05) is 13.1 Å². The lowest BCUT2D eigenvalue weighted by Gasteiger charge is -2.21. The maximum absolute atomic E-state index is 12.6. The number of aromatic nitrogens is 1. The molecule has 0 saturated heterocycles. The quantitative estimate of drug-likeness (QED) is 0.664. The van der Waals surface area contributed by atoms with Gasteiger partial charge in [0.15, 0.2) is 5.69 Å². The third-order valence-corrected chi connectivity index (χ3v) is 4.44. The summed E-state index contributed by atoms with van der Waals surface area (Å²) < 4.78 is 5.35. The number of carbonyl (C=O) groups excluding carboxylic acids is 2. The summed E-state index contributed by atoms with van der Waals surface area (Å²) in [4.78, 5) is 30.2. The van der Waals surface area contributed by atoms with Crippen molar-refractivity contribution >= 4 is 40.8 Å². The summed E-state index contributed by atoms with van der Waals surface area (Å²) in [6.07, 6.45) is 2.85. The number of benzene rings is 1. The van der Waals surface area contributed by atoms with Crippen molar-refractivity contribution in [1.29, 1.82) is 0 Å². The topological polar surface area (TPSA) is 87.5 Å². The van der Waals surface area contributed by atoms with Crippen molar-refractivity contribution in [1.82, 2.24) is 15.2 Å². The standard InChI is InChI=1S/C18H22Cl2N4O3/c1-3-8-21-17(25)14-11-27-15(22-14)10-24(9-4-2)18(26)23-13-7-5-6-12(19)16(13)20/h5-7,11H,3-4,8-10H2,1-2H3,(H,21,25)(H,23,26). The Morgan fingerprint density at radius 2 is 2.00 bits per heavy atom. The van der Waals surface area contributed by atoms with Gasteiger partial charge in [0.1, 0.15) is 6.26 Å².